The van der Waals surface area contributed by atoms with Gasteiger partial charge < -0.3 is 10.6 Å². The molecule has 6 nitrogen and oxygen atoms in total. The highest BCUT2D eigenvalue weighted by molar-refractivity contribution is 5.82. The maximum atomic E-state index is 12.2. The molecule has 3 rings (SSSR count). The number of nitrogens with one attached hydrogen (secondary N) is 2. The third-order valence-corrected chi connectivity index (χ3v) is 4.08. The van der Waals surface area contributed by atoms with Crippen LogP contribution in [0, 0.1) is 5.92 Å². The first-order valence-electron chi connectivity index (χ1n) is 7.55. The molecule has 112 valence electrons. The summed E-state index contributed by atoms with van der Waals surface area (Å²) in [5.74, 6) is 1.36. The molecule has 6 heteroatoms. The van der Waals surface area contributed by atoms with E-state index in [9.17, 15) is 4.79 Å². The molecule has 2 aromatic rings. The van der Waals surface area contributed by atoms with Crippen molar-refractivity contribution in [3.8, 4) is 0 Å². The highest BCUT2D eigenvalue weighted by Crippen LogP contribution is 2.15. The van der Waals surface area contributed by atoms with Crippen molar-refractivity contribution in [2.24, 2.45) is 5.92 Å². The monoisotopic (exact) mass is 287 g/mol. The molecule has 2 N–H and O–H groups in total. The number of carbonyl (C=O) groups is 1. The van der Waals surface area contributed by atoms with Gasteiger partial charge in [0.15, 0.2) is 5.65 Å². The van der Waals surface area contributed by atoms with Crippen molar-refractivity contribution in [3.05, 3.63) is 30.2 Å². The molecule has 21 heavy (non-hydrogen) atoms. The van der Waals surface area contributed by atoms with Gasteiger partial charge in [-0.1, -0.05) is 13.0 Å². The van der Waals surface area contributed by atoms with Crippen LogP contribution in [0.15, 0.2) is 24.4 Å². The van der Waals surface area contributed by atoms with Crippen molar-refractivity contribution in [3.63, 3.8) is 0 Å². The molecule has 1 saturated heterocycles. The van der Waals surface area contributed by atoms with Gasteiger partial charge in [-0.3, -0.25) is 9.20 Å². The fourth-order valence-corrected chi connectivity index (χ4v) is 2.87. The van der Waals surface area contributed by atoms with E-state index in [2.05, 4.69) is 27.8 Å². The molecular weight excluding hydrogens is 266 g/mol. The van der Waals surface area contributed by atoms with E-state index in [1.807, 2.05) is 28.8 Å². The molecule has 2 aromatic heterocycles. The van der Waals surface area contributed by atoms with Crippen LogP contribution < -0.4 is 10.6 Å². The summed E-state index contributed by atoms with van der Waals surface area (Å²) in [5.41, 5.74) is 0.835. The highest BCUT2D eigenvalue weighted by Gasteiger charge is 2.26. The van der Waals surface area contributed by atoms with E-state index in [1.165, 1.54) is 0 Å². The minimum Gasteiger partial charge on any atom is -0.354 e. The van der Waals surface area contributed by atoms with Crippen LogP contribution in [0.4, 0.5) is 0 Å². The zero-order valence-electron chi connectivity index (χ0n) is 12.2. The van der Waals surface area contributed by atoms with E-state index in [4.69, 9.17) is 0 Å². The van der Waals surface area contributed by atoms with Gasteiger partial charge in [-0.15, -0.1) is 10.2 Å². The predicted molar refractivity (Wildman–Crippen MR) is 79.9 cm³/mol. The summed E-state index contributed by atoms with van der Waals surface area (Å²) in [7, 11) is 0. The SMILES string of the molecule is CC1CCCNC1C(=O)NCCc1nnc2ccccn12. The van der Waals surface area contributed by atoms with Crippen LogP contribution in [0.3, 0.4) is 0 Å². The smallest absolute Gasteiger partial charge is 0.237 e. The van der Waals surface area contributed by atoms with Gasteiger partial charge in [-0.25, -0.2) is 0 Å². The normalized spacial score (nSPS) is 22.3. The summed E-state index contributed by atoms with van der Waals surface area (Å²) in [6.07, 6.45) is 4.88. The van der Waals surface area contributed by atoms with Gasteiger partial charge in [-0.05, 0) is 37.4 Å². The Morgan fingerprint density at radius 3 is 3.24 bits per heavy atom. The Labute approximate surface area is 123 Å². The van der Waals surface area contributed by atoms with E-state index in [0.29, 0.717) is 18.9 Å². The van der Waals surface area contributed by atoms with Crippen molar-refractivity contribution < 1.29 is 4.79 Å². The summed E-state index contributed by atoms with van der Waals surface area (Å²) in [4.78, 5) is 12.2. The Morgan fingerprint density at radius 2 is 2.38 bits per heavy atom. The standard InChI is InChI=1S/C15H21N5O/c1-11-5-4-8-16-14(11)15(21)17-9-7-13-19-18-12-6-2-3-10-20(12)13/h2-3,6,10-11,14,16H,4-5,7-9H2,1H3,(H,17,21). The number of hydrogen-bond acceptors (Lipinski definition) is 4. The van der Waals surface area contributed by atoms with Crippen LogP contribution in [-0.2, 0) is 11.2 Å². The fraction of sp³-hybridized carbons (Fsp3) is 0.533. The van der Waals surface area contributed by atoms with E-state index in [0.717, 1.165) is 30.9 Å². The maximum Gasteiger partial charge on any atom is 0.237 e. The van der Waals surface area contributed by atoms with Crippen molar-refractivity contribution >= 4 is 11.6 Å². The lowest BCUT2D eigenvalue weighted by Crippen LogP contribution is -2.51. The molecule has 0 radical (unpaired) electrons. The molecule has 2 atom stereocenters. The maximum absolute atomic E-state index is 12.2. The first-order valence-corrected chi connectivity index (χ1v) is 7.55. The third-order valence-electron chi connectivity index (χ3n) is 4.08. The molecule has 0 saturated carbocycles. The number of carbonyl (C=O) groups excluding carboxylic acids is 1. The van der Waals surface area contributed by atoms with Crippen LogP contribution in [0.25, 0.3) is 5.65 Å². The van der Waals surface area contributed by atoms with E-state index >= 15 is 0 Å². The molecule has 0 bridgehead atoms. The third kappa shape index (κ3) is 3.05. The molecule has 1 aliphatic rings. The number of hydrogen-bond donors (Lipinski definition) is 2. The molecule has 0 spiro atoms. The number of nitrogens with zero attached hydrogens (tertiary/aromatic N) is 3. The number of pyridine rings is 1. The molecule has 0 aliphatic carbocycles. The van der Waals surface area contributed by atoms with Gasteiger partial charge in [0.1, 0.15) is 5.82 Å². The summed E-state index contributed by atoms with van der Waals surface area (Å²) in [5, 5.41) is 14.6. The number of piperidine rings is 1. The van der Waals surface area contributed by atoms with Crippen LogP contribution in [0.5, 0.6) is 0 Å². The average Bonchev–Trinajstić information content (AvgIpc) is 2.91. The van der Waals surface area contributed by atoms with Gasteiger partial charge in [0.25, 0.3) is 0 Å². The number of aromatic nitrogens is 3. The predicted octanol–water partition coefficient (Wildman–Crippen LogP) is 0.776. The van der Waals surface area contributed by atoms with Gasteiger partial charge in [0.05, 0.1) is 6.04 Å². The van der Waals surface area contributed by atoms with Crippen molar-refractivity contribution in [2.75, 3.05) is 13.1 Å². The zero-order chi connectivity index (χ0) is 14.7. The highest BCUT2D eigenvalue weighted by atomic mass is 16.2. The summed E-state index contributed by atoms with van der Waals surface area (Å²) in [6.45, 7) is 3.64. The van der Waals surface area contributed by atoms with Gasteiger partial charge in [0.2, 0.25) is 5.91 Å². The minimum absolute atomic E-state index is 0.0612. The molecule has 1 aliphatic heterocycles. The molecular formula is C15H21N5O. The van der Waals surface area contributed by atoms with Crippen LogP contribution in [-0.4, -0.2) is 39.6 Å². The van der Waals surface area contributed by atoms with Crippen LogP contribution >= 0.6 is 0 Å². The van der Waals surface area contributed by atoms with Gasteiger partial charge in [-0.2, -0.15) is 0 Å². The molecule has 3 heterocycles. The first kappa shape index (κ1) is 14.0. The Kier molecular flexibility index (Phi) is 4.15. The topological polar surface area (TPSA) is 71.3 Å². The lowest BCUT2D eigenvalue weighted by Gasteiger charge is -2.28. The number of fused-ring (bicyclic) bond motifs is 1. The zero-order valence-corrected chi connectivity index (χ0v) is 12.2. The largest absolute Gasteiger partial charge is 0.354 e. The summed E-state index contributed by atoms with van der Waals surface area (Å²) in [6, 6.07) is 5.74. The molecule has 2 unspecified atom stereocenters. The number of amides is 1. The fourth-order valence-electron chi connectivity index (χ4n) is 2.87. The lowest BCUT2D eigenvalue weighted by molar-refractivity contribution is -0.124. The Morgan fingerprint density at radius 1 is 1.48 bits per heavy atom. The lowest BCUT2D eigenvalue weighted by atomic mass is 9.92. The Bertz CT molecular complexity index is 623. The van der Waals surface area contributed by atoms with Crippen molar-refractivity contribution in [2.45, 2.75) is 32.2 Å². The quantitative estimate of drug-likeness (QED) is 0.871. The van der Waals surface area contributed by atoms with E-state index in [-0.39, 0.29) is 11.9 Å². The van der Waals surface area contributed by atoms with Crippen molar-refractivity contribution in [1.29, 1.82) is 0 Å². The Hall–Kier alpha value is -1.95. The van der Waals surface area contributed by atoms with Crippen molar-refractivity contribution in [1.82, 2.24) is 25.2 Å². The van der Waals surface area contributed by atoms with Gasteiger partial charge in [0, 0.05) is 19.2 Å². The van der Waals surface area contributed by atoms with Gasteiger partial charge >= 0.3 is 0 Å². The summed E-state index contributed by atoms with van der Waals surface area (Å²) < 4.78 is 1.95. The van der Waals surface area contributed by atoms with E-state index in [1.54, 1.807) is 0 Å². The molecule has 0 aromatic carbocycles. The second-order valence-electron chi connectivity index (χ2n) is 5.64. The first-order chi connectivity index (χ1) is 10.3. The molecule has 1 fully saturated rings. The van der Waals surface area contributed by atoms with Crippen LogP contribution in [0.2, 0.25) is 0 Å². The molecule has 1 amide bonds. The second kappa shape index (κ2) is 6.22. The minimum atomic E-state index is -0.0612. The van der Waals surface area contributed by atoms with Crippen LogP contribution in [0.1, 0.15) is 25.6 Å². The number of rotatable bonds is 4. The average molecular weight is 287 g/mol. The second-order valence-corrected chi connectivity index (χ2v) is 5.64. The van der Waals surface area contributed by atoms with E-state index < -0.39 is 0 Å². The Balaban J connectivity index is 1.55. The summed E-state index contributed by atoms with van der Waals surface area (Å²) >= 11 is 0.